The monoisotopic (exact) mass is 386 g/mol. The van der Waals surface area contributed by atoms with Crippen LogP contribution in [0.4, 0.5) is 0 Å². The van der Waals surface area contributed by atoms with E-state index in [-0.39, 0.29) is 5.70 Å². The molecule has 0 unspecified atom stereocenters. The van der Waals surface area contributed by atoms with Crippen molar-refractivity contribution in [3.8, 4) is 0 Å². The topological polar surface area (TPSA) is 100 Å². The van der Waals surface area contributed by atoms with Crippen molar-refractivity contribution in [1.29, 1.82) is 0 Å². The highest BCUT2D eigenvalue weighted by molar-refractivity contribution is 6.06. The summed E-state index contributed by atoms with van der Waals surface area (Å²) in [5.41, 5.74) is 6.00. The van der Waals surface area contributed by atoms with Crippen molar-refractivity contribution in [1.82, 2.24) is 21.2 Å². The summed E-state index contributed by atoms with van der Waals surface area (Å²) in [7, 11) is 0. The van der Waals surface area contributed by atoms with Crippen LogP contribution < -0.4 is 16.2 Å². The molecule has 1 aromatic heterocycles. The van der Waals surface area contributed by atoms with E-state index in [1.165, 1.54) is 6.08 Å². The van der Waals surface area contributed by atoms with E-state index < -0.39 is 17.7 Å². The molecule has 0 aliphatic heterocycles. The summed E-state index contributed by atoms with van der Waals surface area (Å²) in [6.07, 6.45) is 4.61. The highest BCUT2D eigenvalue weighted by Crippen LogP contribution is 2.06. The zero-order chi connectivity index (χ0) is 20.5. The molecule has 0 saturated carbocycles. The Hall–Kier alpha value is -4.26. The van der Waals surface area contributed by atoms with E-state index in [0.29, 0.717) is 16.7 Å². The molecule has 2 aromatic carbocycles. The standard InChI is InChI=1S/C22H18N4O3/c27-20(17-9-3-1-4-10-17)24-19(14-16-8-7-13-23-15-16)22(29)26-25-21(28)18-11-5-2-6-12-18/h1-15H,(H,24,27)(H,25,28)(H,26,29). The van der Waals surface area contributed by atoms with Crippen molar-refractivity contribution in [2.45, 2.75) is 0 Å². The zero-order valence-corrected chi connectivity index (χ0v) is 15.3. The Labute approximate surface area is 167 Å². The molecule has 7 heteroatoms. The molecule has 3 rings (SSSR count). The fourth-order valence-electron chi connectivity index (χ4n) is 2.41. The maximum Gasteiger partial charge on any atom is 0.286 e. The van der Waals surface area contributed by atoms with Gasteiger partial charge in [0.25, 0.3) is 17.7 Å². The quantitative estimate of drug-likeness (QED) is 0.463. The molecule has 29 heavy (non-hydrogen) atoms. The van der Waals surface area contributed by atoms with Crippen LogP contribution in [-0.4, -0.2) is 22.7 Å². The van der Waals surface area contributed by atoms with Gasteiger partial charge in [-0.1, -0.05) is 42.5 Å². The van der Waals surface area contributed by atoms with Gasteiger partial charge in [0.15, 0.2) is 0 Å². The third-order valence-corrected chi connectivity index (χ3v) is 3.85. The van der Waals surface area contributed by atoms with Gasteiger partial charge in [-0.05, 0) is 42.0 Å². The maximum atomic E-state index is 12.6. The summed E-state index contributed by atoms with van der Waals surface area (Å²) in [6, 6.07) is 20.4. The third kappa shape index (κ3) is 5.61. The molecule has 0 atom stereocenters. The van der Waals surface area contributed by atoms with E-state index in [4.69, 9.17) is 0 Å². The van der Waals surface area contributed by atoms with Crippen molar-refractivity contribution in [3.05, 3.63) is 108 Å². The van der Waals surface area contributed by atoms with Crippen LogP contribution in [0.25, 0.3) is 6.08 Å². The lowest BCUT2D eigenvalue weighted by molar-refractivity contribution is -0.118. The molecule has 0 aliphatic rings. The molecule has 0 spiro atoms. The number of hydrogen-bond acceptors (Lipinski definition) is 4. The second-order valence-electron chi connectivity index (χ2n) is 5.94. The first-order chi connectivity index (χ1) is 14.1. The largest absolute Gasteiger partial charge is 0.317 e. The fourth-order valence-corrected chi connectivity index (χ4v) is 2.41. The number of rotatable bonds is 5. The summed E-state index contributed by atoms with van der Waals surface area (Å²) in [5, 5.41) is 2.58. The van der Waals surface area contributed by atoms with Gasteiger partial charge in [-0.15, -0.1) is 0 Å². The summed E-state index contributed by atoms with van der Waals surface area (Å²) in [5.74, 6) is -1.61. The number of nitrogens with zero attached hydrogens (tertiary/aromatic N) is 1. The lowest BCUT2D eigenvalue weighted by Gasteiger charge is -2.12. The Morgan fingerprint density at radius 1 is 0.724 bits per heavy atom. The van der Waals surface area contributed by atoms with Crippen LogP contribution in [0, 0.1) is 0 Å². The van der Waals surface area contributed by atoms with Crippen LogP contribution >= 0.6 is 0 Å². The van der Waals surface area contributed by atoms with Crippen molar-refractivity contribution < 1.29 is 14.4 Å². The number of benzene rings is 2. The molecule has 0 saturated heterocycles. The summed E-state index contributed by atoms with van der Waals surface area (Å²) >= 11 is 0. The predicted octanol–water partition coefficient (Wildman–Crippen LogP) is 2.31. The van der Waals surface area contributed by atoms with Gasteiger partial charge in [0.1, 0.15) is 5.70 Å². The first-order valence-corrected chi connectivity index (χ1v) is 8.77. The van der Waals surface area contributed by atoms with Gasteiger partial charge < -0.3 is 5.32 Å². The van der Waals surface area contributed by atoms with Crippen molar-refractivity contribution in [2.24, 2.45) is 0 Å². The number of pyridine rings is 1. The first kappa shape index (κ1) is 19.5. The number of nitrogens with one attached hydrogen (secondary N) is 3. The molecule has 3 N–H and O–H groups in total. The van der Waals surface area contributed by atoms with Crippen LogP contribution in [0.15, 0.2) is 90.9 Å². The van der Waals surface area contributed by atoms with Gasteiger partial charge >= 0.3 is 0 Å². The Kier molecular flexibility index (Phi) is 6.46. The second-order valence-corrected chi connectivity index (χ2v) is 5.94. The zero-order valence-electron chi connectivity index (χ0n) is 15.3. The number of carbonyl (C=O) groups excluding carboxylic acids is 3. The number of hydrazine groups is 1. The summed E-state index contributed by atoms with van der Waals surface area (Å²) < 4.78 is 0. The van der Waals surface area contributed by atoms with Gasteiger partial charge in [0.05, 0.1) is 0 Å². The average Bonchev–Trinajstić information content (AvgIpc) is 2.78. The molecule has 3 aromatic rings. The second kappa shape index (κ2) is 9.61. The predicted molar refractivity (Wildman–Crippen MR) is 108 cm³/mol. The Morgan fingerprint density at radius 3 is 1.93 bits per heavy atom. The molecule has 0 bridgehead atoms. The van der Waals surface area contributed by atoms with E-state index >= 15 is 0 Å². The molecule has 1 heterocycles. The van der Waals surface area contributed by atoms with Gasteiger partial charge in [-0.25, -0.2) is 0 Å². The third-order valence-electron chi connectivity index (χ3n) is 3.85. The molecule has 3 amide bonds. The minimum Gasteiger partial charge on any atom is -0.317 e. The maximum absolute atomic E-state index is 12.6. The molecular weight excluding hydrogens is 368 g/mol. The van der Waals surface area contributed by atoms with E-state index in [2.05, 4.69) is 21.2 Å². The first-order valence-electron chi connectivity index (χ1n) is 8.77. The summed E-state index contributed by atoms with van der Waals surface area (Å²) in [6.45, 7) is 0. The van der Waals surface area contributed by atoms with Crippen molar-refractivity contribution in [2.75, 3.05) is 0 Å². The molecule has 7 nitrogen and oxygen atoms in total. The van der Waals surface area contributed by atoms with Crippen LogP contribution in [0.3, 0.4) is 0 Å². The number of aromatic nitrogens is 1. The van der Waals surface area contributed by atoms with Gasteiger partial charge in [0, 0.05) is 23.5 Å². The van der Waals surface area contributed by atoms with Gasteiger partial charge in [0.2, 0.25) is 0 Å². The van der Waals surface area contributed by atoms with E-state index in [0.717, 1.165) is 0 Å². The molecule has 0 fully saturated rings. The molecule has 144 valence electrons. The summed E-state index contributed by atoms with van der Waals surface area (Å²) in [4.78, 5) is 41.2. The lowest BCUT2D eigenvalue weighted by Crippen LogP contribution is -2.45. The minimum atomic E-state index is -0.678. The van der Waals surface area contributed by atoms with Gasteiger partial charge in [-0.2, -0.15) is 0 Å². The van der Waals surface area contributed by atoms with Crippen LogP contribution in [0.1, 0.15) is 26.3 Å². The number of amides is 3. The van der Waals surface area contributed by atoms with Crippen LogP contribution in [0.2, 0.25) is 0 Å². The minimum absolute atomic E-state index is 0.0415. The van der Waals surface area contributed by atoms with E-state index in [9.17, 15) is 14.4 Å². The normalized spacial score (nSPS) is 10.7. The van der Waals surface area contributed by atoms with Crippen molar-refractivity contribution in [3.63, 3.8) is 0 Å². The highest BCUT2D eigenvalue weighted by Gasteiger charge is 2.15. The lowest BCUT2D eigenvalue weighted by atomic mass is 10.2. The van der Waals surface area contributed by atoms with Crippen LogP contribution in [0.5, 0.6) is 0 Å². The number of hydrogen-bond donors (Lipinski definition) is 3. The Morgan fingerprint density at radius 2 is 1.34 bits per heavy atom. The molecule has 0 aliphatic carbocycles. The van der Waals surface area contributed by atoms with E-state index in [1.807, 2.05) is 0 Å². The SMILES string of the molecule is O=C(NNC(=O)c1ccccc1)C(=Cc1cccnc1)NC(=O)c1ccccc1. The van der Waals surface area contributed by atoms with E-state index in [1.54, 1.807) is 85.2 Å². The van der Waals surface area contributed by atoms with Crippen molar-refractivity contribution >= 4 is 23.8 Å². The average molecular weight is 386 g/mol. The molecular formula is C22H18N4O3. The number of carbonyl (C=O) groups is 3. The smallest absolute Gasteiger partial charge is 0.286 e. The highest BCUT2D eigenvalue weighted by atomic mass is 16.2. The Balaban J connectivity index is 1.75. The van der Waals surface area contributed by atoms with Crippen LogP contribution in [-0.2, 0) is 4.79 Å². The Bertz CT molecular complexity index is 1020. The van der Waals surface area contributed by atoms with Gasteiger partial charge in [-0.3, -0.25) is 30.2 Å². The fraction of sp³-hybridized carbons (Fsp3) is 0. The molecule has 0 radical (unpaired) electrons.